The Morgan fingerprint density at radius 2 is 2.33 bits per heavy atom. The maximum absolute atomic E-state index is 10.8. The van der Waals surface area contributed by atoms with Crippen LogP contribution in [-0.4, -0.2) is 14.9 Å². The van der Waals surface area contributed by atoms with Crippen molar-refractivity contribution < 1.29 is 14.1 Å². The highest BCUT2D eigenvalue weighted by Crippen LogP contribution is 2.30. The summed E-state index contributed by atoms with van der Waals surface area (Å²) in [6.07, 6.45) is 3.55. The molecule has 0 aromatic carbocycles. The van der Waals surface area contributed by atoms with Crippen molar-refractivity contribution >= 4 is 21.7 Å². The normalized spacial score (nSPS) is 12.1. The first-order chi connectivity index (χ1) is 8.58. The Kier molecular flexibility index (Phi) is 3.56. The molecule has 0 aliphatic rings. The van der Waals surface area contributed by atoms with Crippen molar-refractivity contribution in [2.45, 2.75) is 13.0 Å². The Bertz CT molecular complexity index is 558. The average Bonchev–Trinajstić information content (AvgIpc) is 2.81. The molecule has 0 fully saturated rings. The SMILES string of the molecule is CC(Oc1cc(Br)cnc1[N+](=O)[O-])c1cocn1. The highest BCUT2D eigenvalue weighted by molar-refractivity contribution is 9.10. The van der Waals surface area contributed by atoms with Crippen molar-refractivity contribution in [3.8, 4) is 5.75 Å². The Morgan fingerprint density at radius 3 is 2.94 bits per heavy atom. The van der Waals surface area contributed by atoms with Gasteiger partial charge >= 0.3 is 5.82 Å². The van der Waals surface area contributed by atoms with E-state index >= 15 is 0 Å². The topological polar surface area (TPSA) is 91.3 Å². The van der Waals surface area contributed by atoms with Crippen molar-refractivity contribution in [1.82, 2.24) is 9.97 Å². The van der Waals surface area contributed by atoms with Gasteiger partial charge in [0.15, 0.2) is 12.6 Å². The van der Waals surface area contributed by atoms with Crippen molar-refractivity contribution in [2.24, 2.45) is 0 Å². The van der Waals surface area contributed by atoms with Gasteiger partial charge in [-0.15, -0.1) is 0 Å². The molecule has 2 aromatic heterocycles. The largest absolute Gasteiger partial charge is 0.476 e. The number of rotatable bonds is 4. The smallest absolute Gasteiger partial charge is 0.406 e. The minimum Gasteiger partial charge on any atom is -0.476 e. The number of nitrogens with zero attached hydrogens (tertiary/aromatic N) is 3. The van der Waals surface area contributed by atoms with Gasteiger partial charge in [0, 0.05) is 6.07 Å². The lowest BCUT2D eigenvalue weighted by atomic mass is 10.3. The number of ether oxygens (including phenoxy) is 1. The molecule has 1 atom stereocenters. The first-order valence-electron chi connectivity index (χ1n) is 4.92. The molecule has 0 saturated heterocycles. The molecule has 0 spiro atoms. The van der Waals surface area contributed by atoms with Crippen LogP contribution in [0.1, 0.15) is 18.7 Å². The van der Waals surface area contributed by atoms with E-state index in [0.29, 0.717) is 10.2 Å². The molecule has 18 heavy (non-hydrogen) atoms. The van der Waals surface area contributed by atoms with Crippen LogP contribution < -0.4 is 4.74 Å². The minimum absolute atomic E-state index is 0.0740. The highest BCUT2D eigenvalue weighted by Gasteiger charge is 2.21. The van der Waals surface area contributed by atoms with Gasteiger partial charge in [-0.3, -0.25) is 0 Å². The predicted octanol–water partition coefficient (Wildman–Crippen LogP) is 2.88. The number of aromatic nitrogens is 2. The van der Waals surface area contributed by atoms with Gasteiger partial charge in [-0.25, -0.2) is 4.98 Å². The first kappa shape index (κ1) is 12.5. The van der Waals surface area contributed by atoms with Gasteiger partial charge in [-0.1, -0.05) is 0 Å². The second-order valence-electron chi connectivity index (χ2n) is 3.41. The van der Waals surface area contributed by atoms with Crippen LogP contribution in [0.25, 0.3) is 0 Å². The Morgan fingerprint density at radius 1 is 1.56 bits per heavy atom. The summed E-state index contributed by atoms with van der Waals surface area (Å²) in [6.45, 7) is 1.71. The molecule has 0 N–H and O–H groups in total. The molecular formula is C10H8BrN3O4. The quantitative estimate of drug-likeness (QED) is 0.636. The number of nitro groups is 1. The third-order valence-corrected chi connectivity index (χ3v) is 2.58. The van der Waals surface area contributed by atoms with E-state index in [1.165, 1.54) is 24.9 Å². The van der Waals surface area contributed by atoms with E-state index in [0.717, 1.165) is 0 Å². The molecule has 8 heteroatoms. The Labute approximate surface area is 110 Å². The number of hydrogen-bond donors (Lipinski definition) is 0. The van der Waals surface area contributed by atoms with Crippen molar-refractivity contribution in [1.29, 1.82) is 0 Å². The Hall–Kier alpha value is -1.96. The lowest BCUT2D eigenvalue weighted by Gasteiger charge is -2.11. The first-order valence-corrected chi connectivity index (χ1v) is 5.72. The van der Waals surface area contributed by atoms with E-state index in [1.807, 2.05) is 0 Å². The van der Waals surface area contributed by atoms with Gasteiger partial charge in [0.1, 0.15) is 18.1 Å². The summed E-state index contributed by atoms with van der Waals surface area (Å²) < 4.78 is 10.9. The molecule has 0 radical (unpaired) electrons. The van der Waals surface area contributed by atoms with E-state index in [1.54, 1.807) is 6.92 Å². The third kappa shape index (κ3) is 2.65. The van der Waals surface area contributed by atoms with Gasteiger partial charge in [-0.05, 0) is 32.8 Å². The third-order valence-electron chi connectivity index (χ3n) is 2.14. The van der Waals surface area contributed by atoms with Crippen molar-refractivity contribution in [3.05, 3.63) is 45.2 Å². The molecule has 2 aromatic rings. The second kappa shape index (κ2) is 5.13. The molecule has 0 bridgehead atoms. The van der Waals surface area contributed by atoms with Crippen LogP contribution in [0.2, 0.25) is 0 Å². The minimum atomic E-state index is -0.600. The number of pyridine rings is 1. The molecule has 0 saturated carbocycles. The molecule has 0 aliphatic heterocycles. The fraction of sp³-hybridized carbons (Fsp3) is 0.200. The molecule has 94 valence electrons. The van der Waals surface area contributed by atoms with Crippen LogP contribution in [0.5, 0.6) is 5.75 Å². The maximum atomic E-state index is 10.8. The van der Waals surface area contributed by atoms with Gasteiger partial charge < -0.3 is 19.3 Å². The van der Waals surface area contributed by atoms with Crippen LogP contribution in [-0.2, 0) is 0 Å². The zero-order valence-corrected chi connectivity index (χ0v) is 10.8. The number of hydrogen-bond acceptors (Lipinski definition) is 6. The monoisotopic (exact) mass is 313 g/mol. The molecule has 7 nitrogen and oxygen atoms in total. The lowest BCUT2D eigenvalue weighted by molar-refractivity contribution is -0.390. The van der Waals surface area contributed by atoms with E-state index in [2.05, 4.69) is 25.9 Å². The highest BCUT2D eigenvalue weighted by atomic mass is 79.9. The zero-order valence-electron chi connectivity index (χ0n) is 9.24. The summed E-state index contributed by atoms with van der Waals surface area (Å²) in [4.78, 5) is 17.8. The lowest BCUT2D eigenvalue weighted by Crippen LogP contribution is -2.06. The molecule has 2 heterocycles. The van der Waals surface area contributed by atoms with Crippen molar-refractivity contribution in [3.63, 3.8) is 0 Å². The van der Waals surface area contributed by atoms with Gasteiger partial charge in [-0.2, -0.15) is 0 Å². The summed E-state index contributed by atoms with van der Waals surface area (Å²) in [5, 5.41) is 10.8. The Balaban J connectivity index is 2.28. The average molecular weight is 314 g/mol. The number of oxazole rings is 1. The van der Waals surface area contributed by atoms with Gasteiger partial charge in [0.2, 0.25) is 5.75 Å². The van der Waals surface area contributed by atoms with E-state index in [9.17, 15) is 10.1 Å². The maximum Gasteiger partial charge on any atom is 0.406 e. The van der Waals surface area contributed by atoms with Crippen LogP contribution >= 0.6 is 15.9 Å². The van der Waals surface area contributed by atoms with Crippen LogP contribution in [0, 0.1) is 10.1 Å². The van der Waals surface area contributed by atoms with Crippen LogP contribution in [0.15, 0.2) is 33.8 Å². The second-order valence-corrected chi connectivity index (χ2v) is 4.32. The predicted molar refractivity (Wildman–Crippen MR) is 64.1 cm³/mol. The molecule has 1 unspecified atom stereocenters. The summed E-state index contributed by atoms with van der Waals surface area (Å²) in [7, 11) is 0. The molecule has 0 amide bonds. The summed E-state index contributed by atoms with van der Waals surface area (Å²) in [5.74, 6) is -0.265. The van der Waals surface area contributed by atoms with E-state index in [4.69, 9.17) is 9.15 Å². The van der Waals surface area contributed by atoms with E-state index < -0.39 is 11.0 Å². The van der Waals surface area contributed by atoms with Gasteiger partial charge in [0.05, 0.1) is 4.47 Å². The standard InChI is InChI=1S/C10H8BrN3O4/c1-6(8-4-17-5-13-8)18-9-2-7(11)3-12-10(9)14(15)16/h2-6H,1H3. The fourth-order valence-corrected chi connectivity index (χ4v) is 1.62. The van der Waals surface area contributed by atoms with Crippen molar-refractivity contribution in [2.75, 3.05) is 0 Å². The summed E-state index contributed by atoms with van der Waals surface area (Å²) in [6, 6.07) is 1.49. The molecule has 2 rings (SSSR count). The fourth-order valence-electron chi connectivity index (χ4n) is 1.31. The number of halogens is 1. The zero-order chi connectivity index (χ0) is 13.1. The molecular weight excluding hydrogens is 306 g/mol. The van der Waals surface area contributed by atoms with Crippen LogP contribution in [0.4, 0.5) is 5.82 Å². The molecule has 0 aliphatic carbocycles. The van der Waals surface area contributed by atoms with Crippen LogP contribution in [0.3, 0.4) is 0 Å². The summed E-state index contributed by atoms with van der Waals surface area (Å²) in [5.41, 5.74) is 0.546. The van der Waals surface area contributed by atoms with Gasteiger partial charge in [0.25, 0.3) is 0 Å². The summed E-state index contributed by atoms with van der Waals surface area (Å²) >= 11 is 3.18. The van der Waals surface area contributed by atoms with E-state index in [-0.39, 0.29) is 11.6 Å².